The van der Waals surface area contributed by atoms with E-state index in [9.17, 15) is 9.90 Å². The van der Waals surface area contributed by atoms with Crippen LogP contribution in [0.5, 0.6) is 5.75 Å². The number of benzene rings is 4. The van der Waals surface area contributed by atoms with E-state index in [4.69, 9.17) is 0 Å². The van der Waals surface area contributed by atoms with Gasteiger partial charge in [-0.05, 0) is 42.3 Å². The second-order valence-electron chi connectivity index (χ2n) is 8.03. The maximum Gasteiger partial charge on any atom is 0.239 e. The molecule has 4 aromatic carbocycles. The average molecular weight is 451 g/mol. The van der Waals surface area contributed by atoms with E-state index in [1.807, 2.05) is 91.9 Å². The predicted molar refractivity (Wildman–Crippen MR) is 135 cm³/mol. The molecule has 0 fully saturated rings. The number of fused-ring (bicyclic) bond motifs is 1. The topological polar surface area (TPSA) is 62.2 Å². The lowest BCUT2D eigenvalue weighted by Crippen LogP contribution is -2.38. The van der Waals surface area contributed by atoms with E-state index in [0.717, 1.165) is 26.4 Å². The van der Waals surface area contributed by atoms with Gasteiger partial charge in [-0.15, -0.1) is 11.3 Å². The number of thiazole rings is 1. The minimum Gasteiger partial charge on any atom is -0.507 e. The highest BCUT2D eigenvalue weighted by molar-refractivity contribution is 7.21. The number of nitrogens with zero attached hydrogens (tertiary/aromatic N) is 1. The minimum atomic E-state index is -0.899. The van der Waals surface area contributed by atoms with E-state index in [1.54, 1.807) is 18.2 Å². The second kappa shape index (κ2) is 8.52. The van der Waals surface area contributed by atoms with Crippen molar-refractivity contribution in [2.24, 2.45) is 0 Å². The van der Waals surface area contributed by atoms with Gasteiger partial charge in [0.25, 0.3) is 0 Å². The fraction of sp³-hybridized carbons (Fsp3) is 0.0714. The van der Waals surface area contributed by atoms with Crippen molar-refractivity contribution in [3.63, 3.8) is 0 Å². The van der Waals surface area contributed by atoms with Crippen molar-refractivity contribution < 1.29 is 9.90 Å². The molecule has 0 aliphatic carbocycles. The van der Waals surface area contributed by atoms with Gasteiger partial charge in [0.05, 0.1) is 21.2 Å². The number of carbonyl (C=O) groups is 1. The van der Waals surface area contributed by atoms with Crippen molar-refractivity contribution >= 4 is 33.1 Å². The fourth-order valence-electron chi connectivity index (χ4n) is 4.01. The molecule has 0 radical (unpaired) electrons. The molecule has 1 aromatic heterocycles. The van der Waals surface area contributed by atoms with Gasteiger partial charge in [-0.1, -0.05) is 72.8 Å². The van der Waals surface area contributed by atoms with Gasteiger partial charge in [-0.25, -0.2) is 4.98 Å². The highest BCUT2D eigenvalue weighted by Gasteiger charge is 2.37. The van der Waals surface area contributed by atoms with Crippen molar-refractivity contribution in [3.05, 3.63) is 114 Å². The number of para-hydroxylation sites is 1. The van der Waals surface area contributed by atoms with Crippen LogP contribution in [0.2, 0.25) is 0 Å². The molecular weight excluding hydrogens is 428 g/mol. The lowest BCUT2D eigenvalue weighted by Gasteiger charge is -2.29. The highest BCUT2D eigenvalue weighted by Crippen LogP contribution is 2.38. The average Bonchev–Trinajstić information content (AvgIpc) is 3.28. The number of anilines is 1. The fourth-order valence-corrected chi connectivity index (χ4v) is 5.01. The van der Waals surface area contributed by atoms with Gasteiger partial charge in [-0.2, -0.15) is 0 Å². The van der Waals surface area contributed by atoms with Gasteiger partial charge in [0.2, 0.25) is 5.91 Å². The maximum absolute atomic E-state index is 13.6. The van der Waals surface area contributed by atoms with Gasteiger partial charge >= 0.3 is 0 Å². The van der Waals surface area contributed by atoms with Gasteiger partial charge in [0.1, 0.15) is 10.8 Å². The Morgan fingerprint density at radius 2 is 1.45 bits per heavy atom. The number of aromatic hydroxyl groups is 1. The Kier molecular flexibility index (Phi) is 5.40. The monoisotopic (exact) mass is 450 g/mol. The third kappa shape index (κ3) is 3.88. The Bertz CT molecular complexity index is 1360. The molecule has 0 atom stereocenters. The van der Waals surface area contributed by atoms with Crippen molar-refractivity contribution in [2.45, 2.75) is 12.3 Å². The van der Waals surface area contributed by atoms with E-state index >= 15 is 0 Å². The van der Waals surface area contributed by atoms with Crippen molar-refractivity contribution in [3.8, 4) is 16.3 Å². The van der Waals surface area contributed by atoms with Crippen LogP contribution < -0.4 is 5.32 Å². The number of carbonyl (C=O) groups excluding carboxylic acids is 1. The van der Waals surface area contributed by atoms with E-state index in [1.165, 1.54) is 11.3 Å². The van der Waals surface area contributed by atoms with E-state index in [0.29, 0.717) is 11.3 Å². The van der Waals surface area contributed by atoms with E-state index < -0.39 is 5.41 Å². The van der Waals surface area contributed by atoms with Crippen LogP contribution in [0.25, 0.3) is 20.8 Å². The van der Waals surface area contributed by atoms with Crippen LogP contribution in [0.4, 0.5) is 5.69 Å². The molecular formula is C28H22N2O2S. The molecule has 5 rings (SSSR count). The lowest BCUT2D eigenvalue weighted by atomic mass is 9.75. The van der Waals surface area contributed by atoms with Crippen LogP contribution >= 0.6 is 11.3 Å². The summed E-state index contributed by atoms with van der Waals surface area (Å²) in [5, 5.41) is 14.5. The van der Waals surface area contributed by atoms with Crippen LogP contribution in [0.1, 0.15) is 18.1 Å². The molecule has 1 heterocycles. The van der Waals surface area contributed by atoms with Crippen LogP contribution in [-0.4, -0.2) is 16.0 Å². The predicted octanol–water partition coefficient (Wildman–Crippen LogP) is 6.61. The van der Waals surface area contributed by atoms with Crippen LogP contribution in [0.15, 0.2) is 103 Å². The largest absolute Gasteiger partial charge is 0.507 e. The number of amides is 1. The number of hydrogen-bond acceptors (Lipinski definition) is 4. The third-order valence-electron chi connectivity index (χ3n) is 5.94. The second-order valence-corrected chi connectivity index (χ2v) is 9.06. The van der Waals surface area contributed by atoms with Crippen LogP contribution in [0.3, 0.4) is 0 Å². The number of rotatable bonds is 5. The molecule has 0 bridgehead atoms. The first kappa shape index (κ1) is 20.9. The summed E-state index contributed by atoms with van der Waals surface area (Å²) in [5.41, 5.74) is 2.96. The summed E-state index contributed by atoms with van der Waals surface area (Å²) in [5.74, 6) is -0.0972. The molecule has 1 amide bonds. The summed E-state index contributed by atoms with van der Waals surface area (Å²) in [6.07, 6.45) is 0. The van der Waals surface area contributed by atoms with Crippen molar-refractivity contribution in [1.29, 1.82) is 0 Å². The summed E-state index contributed by atoms with van der Waals surface area (Å²) < 4.78 is 1.06. The van der Waals surface area contributed by atoms with E-state index in [2.05, 4.69) is 10.3 Å². The standard InChI is InChI=1S/C28H22N2O2S/c1-28(19-10-4-2-5-11-19,20-12-6-3-7-13-20)27(32)29-21-16-17-22(24(31)18-21)26-30-23-14-8-9-15-25(23)33-26/h2-18,31H,1H3,(H,29,32). The smallest absolute Gasteiger partial charge is 0.239 e. The Morgan fingerprint density at radius 3 is 2.06 bits per heavy atom. The molecule has 0 spiro atoms. The molecule has 4 nitrogen and oxygen atoms in total. The molecule has 2 N–H and O–H groups in total. The zero-order chi connectivity index (χ0) is 22.8. The molecule has 162 valence electrons. The minimum absolute atomic E-state index is 0.0768. The zero-order valence-electron chi connectivity index (χ0n) is 18.0. The quantitative estimate of drug-likeness (QED) is 0.317. The molecule has 5 aromatic rings. The molecule has 0 unspecified atom stereocenters. The maximum atomic E-state index is 13.6. The Labute approximate surface area is 196 Å². The third-order valence-corrected chi connectivity index (χ3v) is 7.01. The first-order valence-electron chi connectivity index (χ1n) is 10.7. The molecule has 0 aliphatic rings. The summed E-state index contributed by atoms with van der Waals surface area (Å²) in [6.45, 7) is 1.92. The lowest BCUT2D eigenvalue weighted by molar-refractivity contribution is -0.119. The summed E-state index contributed by atoms with van der Waals surface area (Å²) in [4.78, 5) is 18.2. The Balaban J connectivity index is 1.47. The first-order valence-corrected chi connectivity index (χ1v) is 11.5. The van der Waals surface area contributed by atoms with Gasteiger partial charge in [0, 0.05) is 11.8 Å². The number of nitrogens with one attached hydrogen (secondary N) is 1. The van der Waals surface area contributed by atoms with Crippen molar-refractivity contribution in [2.75, 3.05) is 5.32 Å². The van der Waals surface area contributed by atoms with Gasteiger partial charge in [-0.3, -0.25) is 4.79 Å². The number of phenolic OH excluding ortho intramolecular Hbond substituents is 1. The molecule has 33 heavy (non-hydrogen) atoms. The summed E-state index contributed by atoms with van der Waals surface area (Å²) in [7, 11) is 0. The van der Waals surface area contributed by atoms with Crippen LogP contribution in [-0.2, 0) is 10.2 Å². The highest BCUT2D eigenvalue weighted by atomic mass is 32.1. The van der Waals surface area contributed by atoms with Crippen LogP contribution in [0, 0.1) is 0 Å². The SMILES string of the molecule is CC(C(=O)Nc1ccc(-c2nc3ccccc3s2)c(O)c1)(c1ccccc1)c1ccccc1. The molecule has 0 saturated heterocycles. The van der Waals surface area contributed by atoms with Gasteiger partial charge < -0.3 is 10.4 Å². The van der Waals surface area contributed by atoms with E-state index in [-0.39, 0.29) is 11.7 Å². The number of phenols is 1. The Morgan fingerprint density at radius 1 is 0.848 bits per heavy atom. The molecule has 0 aliphatic heterocycles. The molecule has 5 heteroatoms. The normalized spacial score (nSPS) is 11.4. The van der Waals surface area contributed by atoms with Gasteiger partial charge in [0.15, 0.2) is 0 Å². The number of hydrogen-bond donors (Lipinski definition) is 2. The zero-order valence-corrected chi connectivity index (χ0v) is 18.8. The molecule has 0 saturated carbocycles. The number of aromatic nitrogens is 1. The Hall–Kier alpha value is -3.96. The summed E-state index contributed by atoms with van der Waals surface area (Å²) >= 11 is 1.52. The first-order chi connectivity index (χ1) is 16.1. The van der Waals surface area contributed by atoms with Crippen molar-refractivity contribution in [1.82, 2.24) is 4.98 Å². The summed E-state index contributed by atoms with van der Waals surface area (Å²) in [6, 6.07) is 32.5.